The van der Waals surface area contributed by atoms with Crippen LogP contribution in [0, 0.1) is 0 Å². The number of benzene rings is 3. The van der Waals surface area contributed by atoms with Gasteiger partial charge >= 0.3 is 0 Å². The summed E-state index contributed by atoms with van der Waals surface area (Å²) >= 11 is 6.19. The number of fused-ring (bicyclic) bond motifs is 1. The predicted octanol–water partition coefficient (Wildman–Crippen LogP) is 5.86. The summed E-state index contributed by atoms with van der Waals surface area (Å²) in [5.41, 5.74) is 3.29. The second-order valence-corrected chi connectivity index (χ2v) is 7.27. The highest BCUT2D eigenvalue weighted by Crippen LogP contribution is 2.27. The number of halogens is 1. The fourth-order valence-electron chi connectivity index (χ4n) is 3.25. The summed E-state index contributed by atoms with van der Waals surface area (Å²) in [6.07, 6.45) is 1.68. The lowest BCUT2D eigenvalue weighted by Gasteiger charge is -2.09. The molecule has 2 heterocycles. The quantitative estimate of drug-likeness (QED) is 0.389. The third-order valence-electron chi connectivity index (χ3n) is 4.76. The van der Waals surface area contributed by atoms with E-state index in [1.807, 2.05) is 48.5 Å². The van der Waals surface area contributed by atoms with Gasteiger partial charge in [0.15, 0.2) is 0 Å². The molecule has 0 radical (unpaired) electrons. The maximum Gasteiger partial charge on any atom is 0.255 e. The van der Waals surface area contributed by atoms with E-state index in [4.69, 9.17) is 16.0 Å². The molecule has 0 saturated carbocycles. The molecule has 7 heteroatoms. The molecule has 0 bridgehead atoms. The van der Waals surface area contributed by atoms with E-state index in [0.29, 0.717) is 33.6 Å². The Labute approximate surface area is 182 Å². The molecule has 150 valence electrons. The van der Waals surface area contributed by atoms with Crippen LogP contribution in [0.5, 0.6) is 0 Å². The van der Waals surface area contributed by atoms with Gasteiger partial charge in [-0.05, 0) is 54.6 Å². The molecule has 31 heavy (non-hydrogen) atoms. The summed E-state index contributed by atoms with van der Waals surface area (Å²) in [6, 6.07) is 23.7. The normalized spacial score (nSPS) is 10.9. The van der Waals surface area contributed by atoms with E-state index in [0.717, 1.165) is 16.5 Å². The number of pyridine rings is 1. The summed E-state index contributed by atoms with van der Waals surface area (Å²) in [4.78, 5) is 17.1. The van der Waals surface area contributed by atoms with E-state index in [1.54, 1.807) is 36.5 Å². The van der Waals surface area contributed by atoms with Crippen molar-refractivity contribution in [3.63, 3.8) is 0 Å². The number of carbonyl (C=O) groups excluding carboxylic acids is 1. The number of aromatic nitrogens is 3. The topological polar surface area (TPSA) is 80.9 Å². The Bertz CT molecular complexity index is 1380. The van der Waals surface area contributed by atoms with Gasteiger partial charge in [0.05, 0.1) is 11.2 Å². The summed E-state index contributed by atoms with van der Waals surface area (Å²) in [7, 11) is 0. The average molecular weight is 427 g/mol. The van der Waals surface area contributed by atoms with Crippen molar-refractivity contribution < 1.29 is 9.21 Å². The molecule has 6 nitrogen and oxygen atoms in total. The number of nitrogens with one attached hydrogen (secondary N) is 1. The molecular weight excluding hydrogens is 412 g/mol. The van der Waals surface area contributed by atoms with Crippen molar-refractivity contribution in [2.75, 3.05) is 5.32 Å². The number of anilines is 1. The zero-order valence-corrected chi connectivity index (χ0v) is 16.9. The van der Waals surface area contributed by atoms with Crippen LogP contribution in [-0.2, 0) is 0 Å². The Kier molecular flexibility index (Phi) is 4.90. The molecule has 0 aliphatic rings. The van der Waals surface area contributed by atoms with E-state index in [2.05, 4.69) is 20.5 Å². The van der Waals surface area contributed by atoms with Crippen molar-refractivity contribution in [3.8, 4) is 22.9 Å². The number of nitrogens with zero attached hydrogens (tertiary/aromatic N) is 3. The summed E-state index contributed by atoms with van der Waals surface area (Å²) in [6.45, 7) is 0. The van der Waals surface area contributed by atoms with Crippen molar-refractivity contribution in [1.82, 2.24) is 15.2 Å². The summed E-state index contributed by atoms with van der Waals surface area (Å²) in [5, 5.41) is 12.5. The van der Waals surface area contributed by atoms with Gasteiger partial charge in [-0.2, -0.15) is 0 Å². The molecule has 1 amide bonds. The van der Waals surface area contributed by atoms with Crippen LogP contribution in [0.15, 0.2) is 89.5 Å². The zero-order valence-electron chi connectivity index (χ0n) is 16.1. The number of hydrogen-bond acceptors (Lipinski definition) is 5. The maximum absolute atomic E-state index is 12.8. The maximum atomic E-state index is 12.8. The van der Waals surface area contributed by atoms with Crippen LogP contribution in [0.4, 0.5) is 5.69 Å². The van der Waals surface area contributed by atoms with Crippen molar-refractivity contribution in [2.45, 2.75) is 0 Å². The number of hydrogen-bond donors (Lipinski definition) is 1. The van der Waals surface area contributed by atoms with Crippen LogP contribution in [0.25, 0.3) is 33.8 Å². The molecule has 0 spiro atoms. The molecule has 3 aromatic carbocycles. The van der Waals surface area contributed by atoms with E-state index in [-0.39, 0.29) is 5.91 Å². The van der Waals surface area contributed by atoms with Crippen LogP contribution in [0.1, 0.15) is 10.4 Å². The molecule has 0 aliphatic carbocycles. The van der Waals surface area contributed by atoms with Crippen LogP contribution in [-0.4, -0.2) is 21.1 Å². The highest BCUT2D eigenvalue weighted by atomic mass is 35.5. The molecule has 0 unspecified atom stereocenters. The second kappa shape index (κ2) is 8.01. The molecule has 0 atom stereocenters. The first-order valence-electron chi connectivity index (χ1n) is 9.52. The minimum absolute atomic E-state index is 0.267. The molecule has 0 fully saturated rings. The van der Waals surface area contributed by atoms with Gasteiger partial charge in [-0.25, -0.2) is 0 Å². The molecule has 2 aromatic heterocycles. The van der Waals surface area contributed by atoms with E-state index < -0.39 is 0 Å². The van der Waals surface area contributed by atoms with Crippen LogP contribution >= 0.6 is 11.6 Å². The van der Waals surface area contributed by atoms with Gasteiger partial charge in [0.2, 0.25) is 11.8 Å². The molecule has 5 aromatic rings. The first-order valence-corrected chi connectivity index (χ1v) is 9.90. The fourth-order valence-corrected chi connectivity index (χ4v) is 3.47. The molecule has 5 rings (SSSR count). The second-order valence-electron chi connectivity index (χ2n) is 6.84. The Morgan fingerprint density at radius 1 is 0.839 bits per heavy atom. The standard InChI is InChI=1S/C24H15ClN4O2/c25-19-13-18-7-4-12-26-21(18)20(14-19)27-22(30)15-8-10-17(11-9-15)24-29-28-23(31-24)16-5-2-1-3-6-16/h1-14H,(H,27,30). The van der Waals surface area contributed by atoms with Crippen molar-refractivity contribution in [2.24, 2.45) is 0 Å². The summed E-state index contributed by atoms with van der Waals surface area (Å²) < 4.78 is 5.77. The van der Waals surface area contributed by atoms with E-state index in [9.17, 15) is 4.79 Å². The van der Waals surface area contributed by atoms with E-state index >= 15 is 0 Å². The Balaban J connectivity index is 1.37. The minimum atomic E-state index is -0.267. The van der Waals surface area contributed by atoms with Crippen molar-refractivity contribution >= 4 is 34.1 Å². The summed E-state index contributed by atoms with van der Waals surface area (Å²) in [5.74, 6) is 0.560. The van der Waals surface area contributed by atoms with Gasteiger partial charge in [0.1, 0.15) is 0 Å². The predicted molar refractivity (Wildman–Crippen MR) is 120 cm³/mol. The van der Waals surface area contributed by atoms with Crippen LogP contribution < -0.4 is 5.32 Å². The van der Waals surface area contributed by atoms with Crippen molar-refractivity contribution in [1.29, 1.82) is 0 Å². The minimum Gasteiger partial charge on any atom is -0.416 e. The molecule has 0 saturated heterocycles. The lowest BCUT2D eigenvalue weighted by atomic mass is 10.1. The third-order valence-corrected chi connectivity index (χ3v) is 4.98. The lowest BCUT2D eigenvalue weighted by Crippen LogP contribution is -2.12. The smallest absolute Gasteiger partial charge is 0.255 e. The van der Waals surface area contributed by atoms with Crippen molar-refractivity contribution in [3.05, 3.63) is 95.6 Å². The lowest BCUT2D eigenvalue weighted by molar-refractivity contribution is 0.102. The Hall–Kier alpha value is -4.03. The van der Waals surface area contributed by atoms with E-state index in [1.165, 1.54) is 0 Å². The number of rotatable bonds is 4. The first kappa shape index (κ1) is 19.0. The molecular formula is C24H15ClN4O2. The Morgan fingerprint density at radius 3 is 2.29 bits per heavy atom. The first-order chi connectivity index (χ1) is 15.2. The van der Waals surface area contributed by atoms with Gasteiger partial charge in [-0.1, -0.05) is 35.9 Å². The highest BCUT2D eigenvalue weighted by Gasteiger charge is 2.13. The SMILES string of the molecule is O=C(Nc1cc(Cl)cc2cccnc12)c1ccc(-c2nnc(-c3ccccc3)o2)cc1. The van der Waals surface area contributed by atoms with Crippen LogP contribution in [0.3, 0.4) is 0 Å². The molecule has 1 N–H and O–H groups in total. The number of amides is 1. The Morgan fingerprint density at radius 2 is 1.55 bits per heavy atom. The van der Waals surface area contributed by atoms with Crippen LogP contribution in [0.2, 0.25) is 5.02 Å². The number of carbonyl (C=O) groups is 1. The molecule has 0 aliphatic heterocycles. The van der Waals surface area contributed by atoms with Gasteiger partial charge in [-0.3, -0.25) is 9.78 Å². The van der Waals surface area contributed by atoms with Gasteiger partial charge in [0, 0.05) is 33.3 Å². The highest BCUT2D eigenvalue weighted by molar-refractivity contribution is 6.32. The monoisotopic (exact) mass is 426 g/mol. The average Bonchev–Trinajstić information content (AvgIpc) is 3.30. The van der Waals surface area contributed by atoms with Gasteiger partial charge in [0.25, 0.3) is 5.91 Å². The van der Waals surface area contributed by atoms with Gasteiger partial charge in [-0.15, -0.1) is 10.2 Å². The third kappa shape index (κ3) is 3.89. The van der Waals surface area contributed by atoms with Gasteiger partial charge < -0.3 is 9.73 Å². The zero-order chi connectivity index (χ0) is 21.2. The largest absolute Gasteiger partial charge is 0.416 e. The fraction of sp³-hybridized carbons (Fsp3) is 0.